The fourth-order valence-electron chi connectivity index (χ4n) is 4.25. The van der Waals surface area contributed by atoms with E-state index in [1.165, 1.54) is 31.5 Å². The van der Waals surface area contributed by atoms with E-state index in [4.69, 9.17) is 4.98 Å². The van der Waals surface area contributed by atoms with Crippen molar-refractivity contribution in [2.45, 2.75) is 19.4 Å². The highest BCUT2D eigenvalue weighted by atomic mass is 15.1. The third-order valence-electron chi connectivity index (χ3n) is 5.75. The highest BCUT2D eigenvalue weighted by Crippen LogP contribution is 2.29. The largest absolute Gasteiger partial charge is 0.338 e. The first-order valence-electron chi connectivity index (χ1n) is 10.3. The lowest BCUT2D eigenvalue weighted by Crippen LogP contribution is -2.18. The van der Waals surface area contributed by atoms with Crippen molar-refractivity contribution in [1.82, 2.24) is 35.0 Å². The van der Waals surface area contributed by atoms with Gasteiger partial charge in [0, 0.05) is 36.1 Å². The molecule has 0 bridgehead atoms. The molecule has 0 aromatic carbocycles. The molecule has 2 N–H and O–H groups in total. The minimum atomic E-state index is 0.797. The van der Waals surface area contributed by atoms with Gasteiger partial charge in [-0.3, -0.25) is 15.0 Å². The summed E-state index contributed by atoms with van der Waals surface area (Å²) < 4.78 is 0. The summed E-state index contributed by atoms with van der Waals surface area (Å²) in [6.07, 6.45) is 8.20. The van der Waals surface area contributed by atoms with Crippen molar-refractivity contribution < 1.29 is 0 Å². The standard InChI is InChI=1S/C23H21N7/c1-2-9-30(8-1)14-15-10-17(13-24-12-15)18-5-6-19-21(26-18)22(29-28-19)20-11-16-4-3-7-25-23(16)27-20/h3-7,10-13H,1-2,8-9,14H2,(H,25,27)(H,28,29). The predicted octanol–water partition coefficient (Wildman–Crippen LogP) is 4.16. The third-order valence-corrected chi connectivity index (χ3v) is 5.75. The monoisotopic (exact) mass is 395 g/mol. The molecule has 0 radical (unpaired) electrons. The van der Waals surface area contributed by atoms with Gasteiger partial charge in [0.25, 0.3) is 0 Å². The number of aromatic nitrogens is 6. The second-order valence-electron chi connectivity index (χ2n) is 7.85. The molecule has 6 heterocycles. The Morgan fingerprint density at radius 3 is 2.87 bits per heavy atom. The van der Waals surface area contributed by atoms with Gasteiger partial charge in [0.1, 0.15) is 16.9 Å². The molecule has 0 atom stereocenters. The van der Waals surface area contributed by atoms with Crippen LogP contribution in [-0.4, -0.2) is 48.1 Å². The summed E-state index contributed by atoms with van der Waals surface area (Å²) in [5, 5.41) is 8.66. The molecule has 6 rings (SSSR count). The number of hydrogen-bond donors (Lipinski definition) is 2. The molecule has 5 aromatic heterocycles. The fourth-order valence-corrected chi connectivity index (χ4v) is 4.25. The van der Waals surface area contributed by atoms with Crippen molar-refractivity contribution in [2.24, 2.45) is 0 Å². The van der Waals surface area contributed by atoms with Gasteiger partial charge in [-0.2, -0.15) is 5.10 Å². The van der Waals surface area contributed by atoms with Crippen molar-refractivity contribution in [2.75, 3.05) is 13.1 Å². The smallest absolute Gasteiger partial charge is 0.137 e. The van der Waals surface area contributed by atoms with Crippen LogP contribution in [0.1, 0.15) is 18.4 Å². The molecule has 148 valence electrons. The number of rotatable bonds is 4. The maximum Gasteiger partial charge on any atom is 0.137 e. The molecule has 0 unspecified atom stereocenters. The maximum atomic E-state index is 4.94. The van der Waals surface area contributed by atoms with E-state index in [0.717, 1.165) is 51.3 Å². The van der Waals surface area contributed by atoms with Crippen LogP contribution in [0.5, 0.6) is 0 Å². The number of likely N-dealkylation sites (tertiary alicyclic amines) is 1. The van der Waals surface area contributed by atoms with Gasteiger partial charge < -0.3 is 4.98 Å². The average Bonchev–Trinajstić information content (AvgIpc) is 3.52. The van der Waals surface area contributed by atoms with E-state index in [9.17, 15) is 0 Å². The van der Waals surface area contributed by atoms with E-state index in [1.54, 1.807) is 6.20 Å². The predicted molar refractivity (Wildman–Crippen MR) is 117 cm³/mol. The molecule has 0 spiro atoms. The summed E-state index contributed by atoms with van der Waals surface area (Å²) in [6, 6.07) is 12.3. The van der Waals surface area contributed by atoms with Gasteiger partial charge in [-0.05, 0) is 67.9 Å². The van der Waals surface area contributed by atoms with Crippen molar-refractivity contribution >= 4 is 22.1 Å². The maximum absolute atomic E-state index is 4.94. The molecular formula is C23H21N7. The molecule has 0 amide bonds. The van der Waals surface area contributed by atoms with Crippen molar-refractivity contribution in [3.8, 4) is 22.6 Å². The molecule has 1 aliphatic heterocycles. The number of aromatic amines is 2. The Balaban J connectivity index is 1.39. The molecule has 0 saturated carbocycles. The number of hydrogen-bond acceptors (Lipinski definition) is 5. The summed E-state index contributed by atoms with van der Waals surface area (Å²) in [5.74, 6) is 0. The van der Waals surface area contributed by atoms with Gasteiger partial charge in [0.05, 0.1) is 16.9 Å². The molecule has 1 aliphatic rings. The highest BCUT2D eigenvalue weighted by Gasteiger charge is 2.15. The lowest BCUT2D eigenvalue weighted by atomic mass is 10.1. The molecule has 7 nitrogen and oxygen atoms in total. The molecule has 30 heavy (non-hydrogen) atoms. The van der Waals surface area contributed by atoms with E-state index in [1.807, 2.05) is 36.7 Å². The average molecular weight is 395 g/mol. The zero-order valence-corrected chi connectivity index (χ0v) is 16.5. The Bertz CT molecular complexity index is 1310. The van der Waals surface area contributed by atoms with Crippen LogP contribution >= 0.6 is 0 Å². The van der Waals surface area contributed by atoms with Crippen LogP contribution in [0.25, 0.3) is 44.7 Å². The van der Waals surface area contributed by atoms with E-state index < -0.39 is 0 Å². The summed E-state index contributed by atoms with van der Waals surface area (Å²) >= 11 is 0. The van der Waals surface area contributed by atoms with Crippen LogP contribution in [0.2, 0.25) is 0 Å². The van der Waals surface area contributed by atoms with Crippen molar-refractivity contribution in [1.29, 1.82) is 0 Å². The van der Waals surface area contributed by atoms with Crippen LogP contribution in [0.3, 0.4) is 0 Å². The lowest BCUT2D eigenvalue weighted by Gasteiger charge is -2.14. The SMILES string of the molecule is c1cnc2[nH]c(-c3n[nH]c4ccc(-c5cncc(CN6CCCC6)c5)nc34)cc2c1. The van der Waals surface area contributed by atoms with E-state index in [2.05, 4.69) is 42.2 Å². The normalized spacial score (nSPS) is 14.8. The van der Waals surface area contributed by atoms with Gasteiger partial charge in [0.15, 0.2) is 0 Å². The second-order valence-corrected chi connectivity index (χ2v) is 7.85. The van der Waals surface area contributed by atoms with Crippen LogP contribution in [0.4, 0.5) is 0 Å². The van der Waals surface area contributed by atoms with Crippen LogP contribution in [-0.2, 0) is 6.54 Å². The number of nitrogens with one attached hydrogen (secondary N) is 2. The summed E-state index contributed by atoms with van der Waals surface area (Å²) in [5.41, 5.74) is 7.44. The van der Waals surface area contributed by atoms with E-state index in [-0.39, 0.29) is 0 Å². The van der Waals surface area contributed by atoms with Gasteiger partial charge >= 0.3 is 0 Å². The second kappa shape index (κ2) is 7.03. The van der Waals surface area contributed by atoms with E-state index >= 15 is 0 Å². The van der Waals surface area contributed by atoms with Crippen LogP contribution < -0.4 is 0 Å². The first-order valence-corrected chi connectivity index (χ1v) is 10.3. The van der Waals surface area contributed by atoms with Gasteiger partial charge in [-0.1, -0.05) is 0 Å². The highest BCUT2D eigenvalue weighted by molar-refractivity contribution is 5.93. The van der Waals surface area contributed by atoms with Gasteiger partial charge in [0.2, 0.25) is 0 Å². The Morgan fingerprint density at radius 2 is 1.97 bits per heavy atom. The first-order chi connectivity index (χ1) is 14.8. The zero-order chi connectivity index (χ0) is 19.9. The summed E-state index contributed by atoms with van der Waals surface area (Å²) in [4.78, 5) is 19.6. The van der Waals surface area contributed by atoms with Crippen molar-refractivity contribution in [3.63, 3.8) is 0 Å². The number of fused-ring (bicyclic) bond motifs is 2. The molecule has 1 saturated heterocycles. The molecule has 5 aromatic rings. The first kappa shape index (κ1) is 17.3. The molecule has 7 heteroatoms. The van der Waals surface area contributed by atoms with Crippen LogP contribution in [0, 0.1) is 0 Å². The lowest BCUT2D eigenvalue weighted by molar-refractivity contribution is 0.331. The topological polar surface area (TPSA) is 86.4 Å². The zero-order valence-electron chi connectivity index (χ0n) is 16.5. The third kappa shape index (κ3) is 3.04. The number of H-pyrrole nitrogens is 2. The Hall–Kier alpha value is -3.58. The van der Waals surface area contributed by atoms with Gasteiger partial charge in [-0.15, -0.1) is 0 Å². The molecule has 0 aliphatic carbocycles. The Kier molecular flexibility index (Phi) is 4.06. The summed E-state index contributed by atoms with van der Waals surface area (Å²) in [7, 11) is 0. The van der Waals surface area contributed by atoms with Crippen molar-refractivity contribution in [3.05, 3.63) is 60.6 Å². The van der Waals surface area contributed by atoms with Gasteiger partial charge in [-0.25, -0.2) is 9.97 Å². The molecule has 1 fully saturated rings. The minimum Gasteiger partial charge on any atom is -0.338 e. The van der Waals surface area contributed by atoms with E-state index in [0.29, 0.717) is 0 Å². The van der Waals surface area contributed by atoms with Crippen LogP contribution in [0.15, 0.2) is 55.0 Å². The summed E-state index contributed by atoms with van der Waals surface area (Å²) in [6.45, 7) is 3.29. The Labute approximate surface area is 173 Å². The number of nitrogens with zero attached hydrogens (tertiary/aromatic N) is 5. The number of pyridine rings is 3. The minimum absolute atomic E-state index is 0.797. The quantitative estimate of drug-likeness (QED) is 0.477. The fraction of sp³-hybridized carbons (Fsp3) is 0.217. The Morgan fingerprint density at radius 1 is 1.03 bits per heavy atom. The molecular weight excluding hydrogens is 374 g/mol.